The number of nitrogens with zero attached hydrogens (tertiary/aromatic N) is 1. The van der Waals surface area contributed by atoms with E-state index in [9.17, 15) is 0 Å². The van der Waals surface area contributed by atoms with Crippen LogP contribution in [0.15, 0.2) is 188 Å². The highest BCUT2D eigenvalue weighted by molar-refractivity contribution is 7.20. The molecule has 0 fully saturated rings. The fourth-order valence-electron chi connectivity index (χ4n) is 9.48. The van der Waals surface area contributed by atoms with Crippen molar-refractivity contribution in [2.45, 2.75) is 19.3 Å². The summed E-state index contributed by atoms with van der Waals surface area (Å²) in [6.45, 7) is 4.64. The SMILES string of the molecule is CC1(C)c2cc(-n3c4ccccc4c4ccccc43)ccc2Oc2c(-c3cccc4c3Oc3ccccc3[Si]4(c3ccccc3)c3ccccc3)cccc21. The summed E-state index contributed by atoms with van der Waals surface area (Å²) >= 11 is 0. The lowest BCUT2D eigenvalue weighted by Gasteiger charge is -2.40. The third kappa shape index (κ3) is 4.49. The van der Waals surface area contributed by atoms with Gasteiger partial charge >= 0.3 is 0 Å². The maximum Gasteiger partial charge on any atom is 0.188 e. The first-order chi connectivity index (χ1) is 27.0. The Morgan fingerprint density at radius 2 is 0.982 bits per heavy atom. The van der Waals surface area contributed by atoms with Crippen molar-refractivity contribution in [2.24, 2.45) is 0 Å². The van der Waals surface area contributed by atoms with E-state index in [4.69, 9.17) is 9.47 Å². The standard InChI is InChI=1S/C51H37NO2Si/c1-51(2)41-25-15-23-39(49(41)53-45-32-31-34(33-42(45)51)52-43-26-11-9-21-37(43)38-22-10-12-27-44(38)52)40-24-16-30-48-50(40)54-46-28-13-14-29-47(46)55(48,35-17-5-3-6-18-35)36-19-7-4-8-20-36/h3-33H,1-2H3. The normalized spacial score (nSPS) is 14.6. The summed E-state index contributed by atoms with van der Waals surface area (Å²) in [6, 6.07) is 68.1. The van der Waals surface area contributed by atoms with Crippen LogP contribution in [0.3, 0.4) is 0 Å². The predicted octanol–water partition coefficient (Wildman–Crippen LogP) is 10.4. The van der Waals surface area contributed by atoms with Gasteiger partial charge in [-0.15, -0.1) is 0 Å². The molecule has 4 heteroatoms. The first-order valence-electron chi connectivity index (χ1n) is 19.0. The number of para-hydroxylation sites is 5. The molecule has 3 heterocycles. The lowest BCUT2D eigenvalue weighted by atomic mass is 9.74. The monoisotopic (exact) mass is 723 g/mol. The lowest BCUT2D eigenvalue weighted by Crippen LogP contribution is -2.76. The van der Waals surface area contributed by atoms with E-state index in [-0.39, 0.29) is 5.41 Å². The van der Waals surface area contributed by atoms with Crippen molar-refractivity contribution in [2.75, 3.05) is 0 Å². The van der Waals surface area contributed by atoms with Crippen LogP contribution in [-0.4, -0.2) is 12.6 Å². The van der Waals surface area contributed by atoms with Gasteiger partial charge in [0.25, 0.3) is 0 Å². The second kappa shape index (κ2) is 11.9. The molecule has 0 saturated carbocycles. The highest BCUT2D eigenvalue weighted by Crippen LogP contribution is 2.53. The zero-order valence-corrected chi connectivity index (χ0v) is 31.7. The zero-order valence-electron chi connectivity index (χ0n) is 30.7. The predicted molar refractivity (Wildman–Crippen MR) is 229 cm³/mol. The minimum Gasteiger partial charge on any atom is -0.457 e. The summed E-state index contributed by atoms with van der Waals surface area (Å²) in [5.74, 6) is 3.58. The maximum absolute atomic E-state index is 7.08. The average Bonchev–Trinajstić information content (AvgIpc) is 3.57. The summed E-state index contributed by atoms with van der Waals surface area (Å²) in [4.78, 5) is 0. The Bertz CT molecular complexity index is 2870. The lowest BCUT2D eigenvalue weighted by molar-refractivity contribution is 0.419. The van der Waals surface area contributed by atoms with Gasteiger partial charge in [-0.3, -0.25) is 0 Å². The van der Waals surface area contributed by atoms with Gasteiger partial charge < -0.3 is 14.0 Å². The van der Waals surface area contributed by atoms with Gasteiger partial charge in [0.15, 0.2) is 8.07 Å². The van der Waals surface area contributed by atoms with Gasteiger partial charge in [-0.1, -0.05) is 166 Å². The number of aromatic nitrogens is 1. The second-order valence-electron chi connectivity index (χ2n) is 15.2. The van der Waals surface area contributed by atoms with Crippen LogP contribution in [0, 0.1) is 0 Å². The number of fused-ring (bicyclic) bond motifs is 7. The molecule has 262 valence electrons. The number of benzene rings is 8. The van der Waals surface area contributed by atoms with E-state index < -0.39 is 8.07 Å². The van der Waals surface area contributed by atoms with Crippen molar-refractivity contribution in [3.05, 3.63) is 199 Å². The molecule has 0 amide bonds. The molecule has 1 aromatic heterocycles. The van der Waals surface area contributed by atoms with Crippen LogP contribution in [-0.2, 0) is 5.41 Å². The van der Waals surface area contributed by atoms with Gasteiger partial charge in [-0.2, -0.15) is 0 Å². The maximum atomic E-state index is 7.08. The smallest absolute Gasteiger partial charge is 0.188 e. The Balaban J connectivity index is 1.10. The quantitative estimate of drug-likeness (QED) is 0.169. The first kappa shape index (κ1) is 31.9. The highest BCUT2D eigenvalue weighted by Gasteiger charge is 2.48. The molecule has 9 aromatic rings. The molecule has 3 nitrogen and oxygen atoms in total. The molecule has 11 rings (SSSR count). The molecule has 0 spiro atoms. The largest absolute Gasteiger partial charge is 0.457 e. The molecule has 0 unspecified atom stereocenters. The van der Waals surface area contributed by atoms with Crippen molar-refractivity contribution in [1.29, 1.82) is 0 Å². The van der Waals surface area contributed by atoms with Gasteiger partial charge in [-0.05, 0) is 57.1 Å². The summed E-state index contributed by atoms with van der Waals surface area (Å²) < 4.78 is 16.5. The Morgan fingerprint density at radius 1 is 0.436 bits per heavy atom. The van der Waals surface area contributed by atoms with Gasteiger partial charge in [-0.25, -0.2) is 0 Å². The summed E-state index contributed by atoms with van der Waals surface area (Å²) in [5.41, 5.74) is 7.56. The van der Waals surface area contributed by atoms with Crippen molar-refractivity contribution < 1.29 is 9.47 Å². The molecular weight excluding hydrogens is 687 g/mol. The topological polar surface area (TPSA) is 23.4 Å². The highest BCUT2D eigenvalue weighted by atomic mass is 28.3. The van der Waals surface area contributed by atoms with Crippen LogP contribution < -0.4 is 30.2 Å². The number of ether oxygens (including phenoxy) is 2. The zero-order chi connectivity index (χ0) is 36.7. The van der Waals surface area contributed by atoms with Crippen LogP contribution in [0.25, 0.3) is 38.6 Å². The van der Waals surface area contributed by atoms with Crippen LogP contribution in [0.1, 0.15) is 25.0 Å². The third-order valence-electron chi connectivity index (χ3n) is 12.0. The molecule has 2 aliphatic rings. The molecule has 55 heavy (non-hydrogen) atoms. The van der Waals surface area contributed by atoms with Gasteiger partial charge in [0.05, 0.1) is 11.0 Å². The minimum atomic E-state index is -2.80. The van der Waals surface area contributed by atoms with Crippen molar-refractivity contribution >= 4 is 50.6 Å². The van der Waals surface area contributed by atoms with E-state index >= 15 is 0 Å². The fraction of sp³-hybridized carbons (Fsp3) is 0.0588. The Hall–Kier alpha value is -6.62. The van der Waals surface area contributed by atoms with E-state index in [1.165, 1.54) is 42.6 Å². The molecule has 0 bridgehead atoms. The Labute approximate surface area is 321 Å². The van der Waals surface area contributed by atoms with Crippen LogP contribution in [0.5, 0.6) is 23.0 Å². The van der Waals surface area contributed by atoms with E-state index in [2.05, 4.69) is 206 Å². The van der Waals surface area contributed by atoms with Crippen molar-refractivity contribution in [1.82, 2.24) is 4.57 Å². The van der Waals surface area contributed by atoms with E-state index in [1.54, 1.807) is 0 Å². The van der Waals surface area contributed by atoms with Crippen LogP contribution in [0.2, 0.25) is 0 Å². The third-order valence-corrected chi connectivity index (χ3v) is 16.8. The van der Waals surface area contributed by atoms with Crippen molar-refractivity contribution in [3.8, 4) is 39.8 Å². The van der Waals surface area contributed by atoms with Gasteiger partial charge in [0.1, 0.15) is 23.0 Å². The molecule has 0 N–H and O–H groups in total. The molecular formula is C51H37NO2Si. The van der Waals surface area contributed by atoms with Gasteiger partial charge in [0.2, 0.25) is 0 Å². The van der Waals surface area contributed by atoms with E-state index in [1.807, 2.05) is 0 Å². The average molecular weight is 724 g/mol. The Kier molecular flexibility index (Phi) is 6.92. The fourth-order valence-corrected chi connectivity index (χ4v) is 14.5. The van der Waals surface area contributed by atoms with Crippen LogP contribution in [0.4, 0.5) is 0 Å². The van der Waals surface area contributed by atoms with E-state index in [0.717, 1.165) is 50.9 Å². The Morgan fingerprint density at radius 3 is 1.67 bits per heavy atom. The summed E-state index contributed by atoms with van der Waals surface area (Å²) in [5, 5.41) is 7.67. The number of hydrogen-bond acceptors (Lipinski definition) is 2. The first-order valence-corrected chi connectivity index (χ1v) is 21.0. The molecule has 0 radical (unpaired) electrons. The number of rotatable bonds is 4. The molecule has 0 atom stereocenters. The summed E-state index contributed by atoms with van der Waals surface area (Å²) in [6.07, 6.45) is 0. The molecule has 0 aliphatic carbocycles. The van der Waals surface area contributed by atoms with Gasteiger partial charge in [0, 0.05) is 44.1 Å². The molecule has 2 aliphatic heterocycles. The molecule has 0 saturated heterocycles. The molecule has 8 aromatic carbocycles. The minimum absolute atomic E-state index is 0.345. The summed E-state index contributed by atoms with van der Waals surface area (Å²) in [7, 11) is -2.80. The second-order valence-corrected chi connectivity index (χ2v) is 19.0. The number of hydrogen-bond donors (Lipinski definition) is 0. The van der Waals surface area contributed by atoms with Crippen LogP contribution >= 0.6 is 0 Å². The van der Waals surface area contributed by atoms with Crippen molar-refractivity contribution in [3.63, 3.8) is 0 Å². The van der Waals surface area contributed by atoms with E-state index in [0.29, 0.717) is 0 Å².